The lowest BCUT2D eigenvalue weighted by Crippen LogP contribution is -2.35. The van der Waals surface area contributed by atoms with Gasteiger partial charge in [-0.2, -0.15) is 0 Å². The van der Waals surface area contributed by atoms with Gasteiger partial charge in [-0.25, -0.2) is 9.48 Å². The summed E-state index contributed by atoms with van der Waals surface area (Å²) in [5.41, 5.74) is 1.08. The lowest BCUT2D eigenvalue weighted by molar-refractivity contribution is -0.191. The lowest BCUT2D eigenvalue weighted by Gasteiger charge is -2.29. The molecule has 3 aromatic rings. The van der Waals surface area contributed by atoms with Gasteiger partial charge in [-0.15, -0.1) is 5.10 Å². The Balaban J connectivity index is 1.51. The van der Waals surface area contributed by atoms with Crippen LogP contribution < -0.4 is 0 Å². The van der Waals surface area contributed by atoms with Crippen molar-refractivity contribution in [2.75, 3.05) is 13.2 Å². The standard InChI is InChI=1S/C20H17Cl2N3O4/c21-15-6-7-17(18(22)10-15)20(13-25-9-8-23-24-25)28-12-16(29-20)11-27-19(26)14-4-2-1-3-5-14/h1-10,16H,11-13H2. The van der Waals surface area contributed by atoms with Crippen molar-refractivity contribution in [3.05, 3.63) is 82.1 Å². The van der Waals surface area contributed by atoms with E-state index >= 15 is 0 Å². The van der Waals surface area contributed by atoms with Crippen molar-refractivity contribution < 1.29 is 19.0 Å². The van der Waals surface area contributed by atoms with Gasteiger partial charge in [0.05, 0.1) is 23.4 Å². The van der Waals surface area contributed by atoms with Crippen molar-refractivity contribution in [3.63, 3.8) is 0 Å². The SMILES string of the molecule is O=C(OCC1COC(Cn2ccnn2)(c2ccc(Cl)cc2Cl)O1)c1ccccc1. The molecule has 4 rings (SSSR count). The van der Waals surface area contributed by atoms with Gasteiger partial charge in [0, 0.05) is 16.8 Å². The van der Waals surface area contributed by atoms with Gasteiger partial charge in [0.1, 0.15) is 19.3 Å². The first-order chi connectivity index (χ1) is 14.1. The van der Waals surface area contributed by atoms with Crippen molar-refractivity contribution in [1.29, 1.82) is 0 Å². The maximum atomic E-state index is 12.2. The number of carbonyl (C=O) groups is 1. The highest BCUT2D eigenvalue weighted by atomic mass is 35.5. The van der Waals surface area contributed by atoms with Gasteiger partial charge in [0.15, 0.2) is 0 Å². The highest BCUT2D eigenvalue weighted by molar-refractivity contribution is 6.35. The van der Waals surface area contributed by atoms with Gasteiger partial charge in [-0.3, -0.25) is 0 Å². The summed E-state index contributed by atoms with van der Waals surface area (Å²) in [4.78, 5) is 12.2. The third kappa shape index (κ3) is 4.43. The van der Waals surface area contributed by atoms with E-state index in [9.17, 15) is 4.79 Å². The Kier molecular flexibility index (Phi) is 5.82. The van der Waals surface area contributed by atoms with E-state index in [-0.39, 0.29) is 19.8 Å². The minimum atomic E-state index is -1.21. The zero-order chi connectivity index (χ0) is 20.3. The predicted molar refractivity (Wildman–Crippen MR) is 106 cm³/mol. The van der Waals surface area contributed by atoms with Crippen molar-refractivity contribution in [2.24, 2.45) is 0 Å². The van der Waals surface area contributed by atoms with Gasteiger partial charge in [0.25, 0.3) is 0 Å². The van der Waals surface area contributed by atoms with Crippen LogP contribution in [0.2, 0.25) is 10.0 Å². The second-order valence-corrected chi connectivity index (χ2v) is 7.34. The van der Waals surface area contributed by atoms with E-state index < -0.39 is 17.9 Å². The molecule has 1 aliphatic rings. The molecule has 2 heterocycles. The number of rotatable bonds is 6. The molecular weight excluding hydrogens is 417 g/mol. The van der Waals surface area contributed by atoms with E-state index in [0.717, 1.165) is 0 Å². The Labute approximate surface area is 177 Å². The van der Waals surface area contributed by atoms with Crippen molar-refractivity contribution in [1.82, 2.24) is 15.0 Å². The van der Waals surface area contributed by atoms with Crippen LogP contribution in [0.5, 0.6) is 0 Å². The zero-order valence-corrected chi connectivity index (χ0v) is 16.7. The molecule has 29 heavy (non-hydrogen) atoms. The topological polar surface area (TPSA) is 75.5 Å². The molecule has 0 spiro atoms. The molecule has 0 bridgehead atoms. The summed E-state index contributed by atoms with van der Waals surface area (Å²) >= 11 is 12.5. The average Bonchev–Trinajstić information content (AvgIpc) is 3.37. The van der Waals surface area contributed by atoms with Gasteiger partial charge in [0.2, 0.25) is 5.79 Å². The van der Waals surface area contributed by atoms with Crippen LogP contribution in [0.15, 0.2) is 60.9 Å². The van der Waals surface area contributed by atoms with Gasteiger partial charge in [-0.1, -0.05) is 52.7 Å². The molecule has 0 amide bonds. The highest BCUT2D eigenvalue weighted by Crippen LogP contribution is 2.40. The fourth-order valence-corrected chi connectivity index (χ4v) is 3.66. The van der Waals surface area contributed by atoms with Crippen LogP contribution in [-0.2, 0) is 26.5 Å². The second kappa shape index (κ2) is 8.51. The van der Waals surface area contributed by atoms with E-state index in [1.165, 1.54) is 0 Å². The highest BCUT2D eigenvalue weighted by Gasteiger charge is 2.45. The van der Waals surface area contributed by atoms with Gasteiger partial charge < -0.3 is 14.2 Å². The molecule has 0 N–H and O–H groups in total. The number of benzene rings is 2. The normalized spacial score (nSPS) is 21.2. The lowest BCUT2D eigenvalue weighted by atomic mass is 10.1. The molecule has 2 unspecified atom stereocenters. The Morgan fingerprint density at radius 1 is 1.24 bits per heavy atom. The molecule has 2 aromatic carbocycles. The maximum Gasteiger partial charge on any atom is 0.338 e. The number of carbonyl (C=O) groups excluding carboxylic acids is 1. The fourth-order valence-electron chi connectivity index (χ4n) is 3.11. The van der Waals surface area contributed by atoms with Crippen LogP contribution in [0.4, 0.5) is 0 Å². The summed E-state index contributed by atoms with van der Waals surface area (Å²) < 4.78 is 19.2. The molecule has 0 saturated carbocycles. The summed E-state index contributed by atoms with van der Waals surface area (Å²) in [5.74, 6) is -1.63. The third-order valence-corrected chi connectivity index (χ3v) is 5.00. The Hall–Kier alpha value is -2.45. The van der Waals surface area contributed by atoms with Crippen molar-refractivity contribution in [2.45, 2.75) is 18.4 Å². The Morgan fingerprint density at radius 2 is 2.07 bits per heavy atom. The van der Waals surface area contributed by atoms with E-state index in [0.29, 0.717) is 21.2 Å². The first-order valence-corrected chi connectivity index (χ1v) is 9.65. The number of hydrogen-bond acceptors (Lipinski definition) is 6. The molecule has 150 valence electrons. The largest absolute Gasteiger partial charge is 0.459 e. The first-order valence-electron chi connectivity index (χ1n) is 8.89. The number of hydrogen-bond donors (Lipinski definition) is 0. The quantitative estimate of drug-likeness (QED) is 0.551. The molecule has 0 aliphatic carbocycles. The van der Waals surface area contributed by atoms with Crippen LogP contribution in [-0.4, -0.2) is 40.3 Å². The summed E-state index contributed by atoms with van der Waals surface area (Å²) in [5, 5.41) is 8.71. The molecule has 1 aromatic heterocycles. The second-order valence-electron chi connectivity index (χ2n) is 6.49. The Morgan fingerprint density at radius 3 is 2.79 bits per heavy atom. The molecule has 0 radical (unpaired) electrons. The summed E-state index contributed by atoms with van der Waals surface area (Å²) in [6.07, 6.45) is 2.78. The Bertz CT molecular complexity index is 985. The number of ether oxygens (including phenoxy) is 3. The number of halogens is 2. The van der Waals surface area contributed by atoms with E-state index in [1.807, 2.05) is 6.07 Å². The molecule has 9 heteroatoms. The smallest absolute Gasteiger partial charge is 0.338 e. The van der Waals surface area contributed by atoms with Crippen LogP contribution in [0.25, 0.3) is 0 Å². The number of esters is 1. The minimum absolute atomic E-state index is 0.0397. The summed E-state index contributed by atoms with van der Waals surface area (Å²) in [6.45, 7) is 0.477. The molecule has 1 aliphatic heterocycles. The fraction of sp³-hybridized carbons (Fsp3) is 0.250. The van der Waals surface area contributed by atoms with Crippen molar-refractivity contribution in [3.8, 4) is 0 Å². The van der Waals surface area contributed by atoms with Gasteiger partial charge >= 0.3 is 5.97 Å². The molecule has 2 atom stereocenters. The van der Waals surface area contributed by atoms with E-state index in [1.54, 1.807) is 59.5 Å². The predicted octanol–water partition coefficient (Wildman–Crippen LogP) is 3.71. The number of nitrogens with zero attached hydrogens (tertiary/aromatic N) is 3. The van der Waals surface area contributed by atoms with Crippen LogP contribution >= 0.6 is 23.2 Å². The number of aromatic nitrogens is 3. The first kappa shape index (κ1) is 19.8. The van der Waals surface area contributed by atoms with Gasteiger partial charge in [-0.05, 0) is 24.3 Å². The monoisotopic (exact) mass is 433 g/mol. The van der Waals surface area contributed by atoms with Crippen LogP contribution in [0.3, 0.4) is 0 Å². The molecule has 1 saturated heterocycles. The summed E-state index contributed by atoms with van der Waals surface area (Å²) in [6, 6.07) is 13.8. The van der Waals surface area contributed by atoms with Crippen LogP contribution in [0, 0.1) is 0 Å². The minimum Gasteiger partial charge on any atom is -0.459 e. The van der Waals surface area contributed by atoms with E-state index in [2.05, 4.69) is 10.3 Å². The zero-order valence-electron chi connectivity index (χ0n) is 15.2. The maximum absolute atomic E-state index is 12.2. The van der Waals surface area contributed by atoms with Crippen molar-refractivity contribution >= 4 is 29.2 Å². The molecular formula is C20H17Cl2N3O4. The summed E-state index contributed by atoms with van der Waals surface area (Å²) in [7, 11) is 0. The average molecular weight is 434 g/mol. The molecule has 7 nitrogen and oxygen atoms in total. The molecule has 1 fully saturated rings. The van der Waals surface area contributed by atoms with E-state index in [4.69, 9.17) is 37.4 Å². The van der Waals surface area contributed by atoms with Crippen LogP contribution in [0.1, 0.15) is 15.9 Å². The third-order valence-electron chi connectivity index (χ3n) is 4.45.